The maximum absolute atomic E-state index is 5.47. The number of hydrogen-bond acceptors (Lipinski definition) is 4. The van der Waals surface area contributed by atoms with Crippen molar-refractivity contribution in [3.63, 3.8) is 0 Å². The van der Waals surface area contributed by atoms with Gasteiger partial charge in [-0.15, -0.1) is 0 Å². The average Bonchev–Trinajstić information content (AvgIpc) is 2.91. The van der Waals surface area contributed by atoms with Gasteiger partial charge in [0.2, 0.25) is 0 Å². The minimum absolute atomic E-state index is 0.216. The molecule has 1 saturated heterocycles. The van der Waals surface area contributed by atoms with E-state index in [0.29, 0.717) is 5.92 Å². The number of nitrogens with zero attached hydrogens (tertiary/aromatic N) is 2. The lowest BCUT2D eigenvalue weighted by atomic mass is 9.77. The SMILES string of the molecule is CCCN(C)C[C@]1(NC)CCc2cc(CCCN3CCOCC3)ccc2C[C@@H]1CC. The van der Waals surface area contributed by atoms with Crippen LogP contribution in [0.1, 0.15) is 56.2 Å². The molecule has 1 aliphatic heterocycles. The summed E-state index contributed by atoms with van der Waals surface area (Å²) in [5, 5.41) is 3.81. The summed E-state index contributed by atoms with van der Waals surface area (Å²) in [5.74, 6) is 0.690. The molecule has 1 aromatic carbocycles. The summed E-state index contributed by atoms with van der Waals surface area (Å²) in [6.07, 6.45) is 8.55. The molecule has 3 rings (SSSR count). The minimum Gasteiger partial charge on any atom is -0.379 e. The molecule has 0 aromatic heterocycles. The van der Waals surface area contributed by atoms with Gasteiger partial charge in [0.15, 0.2) is 0 Å². The quantitative estimate of drug-likeness (QED) is 0.589. The Kier molecular flexibility index (Phi) is 9.18. The molecule has 2 atom stereocenters. The third kappa shape index (κ3) is 6.06. The number of likely N-dealkylation sites (N-methyl/N-ethyl adjacent to an activating group) is 2. The largest absolute Gasteiger partial charge is 0.379 e. The third-order valence-corrected chi connectivity index (χ3v) is 7.55. The van der Waals surface area contributed by atoms with Gasteiger partial charge in [-0.25, -0.2) is 0 Å². The first-order valence-corrected chi connectivity index (χ1v) is 12.4. The Hall–Kier alpha value is -0.940. The molecule has 0 radical (unpaired) electrons. The van der Waals surface area contributed by atoms with E-state index < -0.39 is 0 Å². The smallest absolute Gasteiger partial charge is 0.0594 e. The fourth-order valence-corrected chi connectivity index (χ4v) is 5.71. The van der Waals surface area contributed by atoms with E-state index in [1.165, 1.54) is 63.6 Å². The van der Waals surface area contributed by atoms with Crippen LogP contribution in [0, 0.1) is 5.92 Å². The van der Waals surface area contributed by atoms with Gasteiger partial charge in [-0.1, -0.05) is 38.5 Å². The zero-order chi connectivity index (χ0) is 21.4. The Morgan fingerprint density at radius 2 is 2.00 bits per heavy atom. The highest BCUT2D eigenvalue weighted by molar-refractivity contribution is 5.35. The standard InChI is InChI=1S/C26H45N3O/c1-5-13-28(4)21-26(27-3)12-11-24-19-22(9-10-23(24)20-25(26)6-2)8-7-14-29-15-17-30-18-16-29/h9-10,19,25,27H,5-8,11-18,20-21H2,1-4H3/t25-,26+/m0/s1. The van der Waals surface area contributed by atoms with E-state index in [1.54, 1.807) is 11.1 Å². The van der Waals surface area contributed by atoms with Crippen LogP contribution in [0.5, 0.6) is 0 Å². The molecule has 0 spiro atoms. The first kappa shape index (κ1) is 23.7. The van der Waals surface area contributed by atoms with Crippen molar-refractivity contribution < 1.29 is 4.74 Å². The summed E-state index contributed by atoms with van der Waals surface area (Å²) in [4.78, 5) is 5.08. The van der Waals surface area contributed by atoms with Gasteiger partial charge in [-0.3, -0.25) is 4.90 Å². The van der Waals surface area contributed by atoms with Crippen LogP contribution in [-0.4, -0.2) is 75.4 Å². The number of morpholine rings is 1. The molecular formula is C26H45N3O. The van der Waals surface area contributed by atoms with Crippen LogP contribution in [0.25, 0.3) is 0 Å². The number of ether oxygens (including phenoxy) is 1. The van der Waals surface area contributed by atoms with Crippen molar-refractivity contribution in [2.75, 3.05) is 60.0 Å². The van der Waals surface area contributed by atoms with Crippen LogP contribution in [-0.2, 0) is 24.0 Å². The minimum atomic E-state index is 0.216. The van der Waals surface area contributed by atoms with Crippen LogP contribution < -0.4 is 5.32 Å². The van der Waals surface area contributed by atoms with Gasteiger partial charge in [-0.2, -0.15) is 0 Å². The summed E-state index contributed by atoms with van der Waals surface area (Å²) in [5.41, 5.74) is 4.94. The maximum atomic E-state index is 5.47. The average molecular weight is 416 g/mol. The number of rotatable bonds is 10. The molecule has 1 heterocycles. The van der Waals surface area contributed by atoms with Gasteiger partial charge >= 0.3 is 0 Å². The summed E-state index contributed by atoms with van der Waals surface area (Å²) < 4.78 is 5.47. The lowest BCUT2D eigenvalue weighted by Crippen LogP contribution is -2.56. The van der Waals surface area contributed by atoms with Gasteiger partial charge in [0.05, 0.1) is 13.2 Å². The zero-order valence-electron chi connectivity index (χ0n) is 20.0. The van der Waals surface area contributed by atoms with Crippen molar-refractivity contribution in [2.45, 2.75) is 64.3 Å². The number of hydrogen-bond donors (Lipinski definition) is 1. The molecule has 0 saturated carbocycles. The Morgan fingerprint density at radius 3 is 2.70 bits per heavy atom. The number of aryl methyl sites for hydroxylation is 2. The molecule has 30 heavy (non-hydrogen) atoms. The first-order valence-electron chi connectivity index (χ1n) is 12.4. The van der Waals surface area contributed by atoms with E-state index in [4.69, 9.17) is 4.74 Å². The topological polar surface area (TPSA) is 27.7 Å². The second-order valence-corrected chi connectivity index (χ2v) is 9.61. The van der Waals surface area contributed by atoms with Gasteiger partial charge in [0.25, 0.3) is 0 Å². The van der Waals surface area contributed by atoms with Crippen molar-refractivity contribution in [1.82, 2.24) is 15.1 Å². The second kappa shape index (κ2) is 11.6. The van der Waals surface area contributed by atoms with Crippen molar-refractivity contribution in [2.24, 2.45) is 5.92 Å². The molecule has 0 amide bonds. The number of nitrogens with one attached hydrogen (secondary N) is 1. The van der Waals surface area contributed by atoms with Gasteiger partial charge in [0.1, 0.15) is 0 Å². The molecule has 1 N–H and O–H groups in total. The normalized spacial score (nSPS) is 25.3. The van der Waals surface area contributed by atoms with Crippen LogP contribution >= 0.6 is 0 Å². The molecule has 170 valence electrons. The highest BCUT2D eigenvalue weighted by Gasteiger charge is 2.39. The lowest BCUT2D eigenvalue weighted by molar-refractivity contribution is 0.0374. The Bertz CT molecular complexity index is 643. The first-order chi connectivity index (χ1) is 14.6. The van der Waals surface area contributed by atoms with E-state index in [1.807, 2.05) is 0 Å². The monoisotopic (exact) mass is 415 g/mol. The second-order valence-electron chi connectivity index (χ2n) is 9.61. The van der Waals surface area contributed by atoms with E-state index in [2.05, 4.69) is 61.3 Å². The predicted molar refractivity (Wildman–Crippen MR) is 127 cm³/mol. The number of fused-ring (bicyclic) bond motifs is 1. The molecule has 0 unspecified atom stereocenters. The molecule has 1 fully saturated rings. The summed E-state index contributed by atoms with van der Waals surface area (Å²) >= 11 is 0. The molecule has 4 heteroatoms. The summed E-state index contributed by atoms with van der Waals surface area (Å²) in [7, 11) is 4.48. The third-order valence-electron chi connectivity index (χ3n) is 7.55. The highest BCUT2D eigenvalue weighted by Crippen LogP contribution is 2.35. The van der Waals surface area contributed by atoms with Crippen molar-refractivity contribution in [1.29, 1.82) is 0 Å². The Labute approximate surface area is 185 Å². The molecule has 0 bridgehead atoms. The molecule has 1 aromatic rings. The van der Waals surface area contributed by atoms with Crippen molar-refractivity contribution in [3.05, 3.63) is 34.9 Å². The Balaban J connectivity index is 1.65. The van der Waals surface area contributed by atoms with Gasteiger partial charge in [-0.05, 0) is 88.3 Å². The highest BCUT2D eigenvalue weighted by atomic mass is 16.5. The van der Waals surface area contributed by atoms with E-state index in [-0.39, 0.29) is 5.54 Å². The zero-order valence-corrected chi connectivity index (χ0v) is 20.0. The Morgan fingerprint density at radius 1 is 1.20 bits per heavy atom. The molecule has 4 nitrogen and oxygen atoms in total. The predicted octanol–water partition coefficient (Wildman–Crippen LogP) is 3.77. The van der Waals surface area contributed by atoms with Gasteiger partial charge in [0, 0.05) is 25.2 Å². The van der Waals surface area contributed by atoms with Crippen LogP contribution in [0.15, 0.2) is 18.2 Å². The fourth-order valence-electron chi connectivity index (χ4n) is 5.71. The summed E-state index contributed by atoms with van der Waals surface area (Å²) in [6.45, 7) is 12.2. The van der Waals surface area contributed by atoms with Crippen molar-refractivity contribution in [3.8, 4) is 0 Å². The van der Waals surface area contributed by atoms with Crippen LogP contribution in [0.3, 0.4) is 0 Å². The van der Waals surface area contributed by atoms with E-state index in [0.717, 1.165) is 32.8 Å². The van der Waals surface area contributed by atoms with E-state index in [9.17, 15) is 0 Å². The maximum Gasteiger partial charge on any atom is 0.0594 e. The van der Waals surface area contributed by atoms with E-state index >= 15 is 0 Å². The molecular weight excluding hydrogens is 370 g/mol. The molecule has 2 aliphatic rings. The lowest BCUT2D eigenvalue weighted by Gasteiger charge is -2.42. The van der Waals surface area contributed by atoms with Crippen molar-refractivity contribution >= 4 is 0 Å². The summed E-state index contributed by atoms with van der Waals surface area (Å²) in [6, 6.07) is 7.38. The number of benzene rings is 1. The molecule has 1 aliphatic carbocycles. The van der Waals surface area contributed by atoms with Crippen LogP contribution in [0.4, 0.5) is 0 Å². The van der Waals surface area contributed by atoms with Gasteiger partial charge < -0.3 is 15.0 Å². The van der Waals surface area contributed by atoms with Crippen LogP contribution in [0.2, 0.25) is 0 Å². The fraction of sp³-hybridized carbons (Fsp3) is 0.769.